The van der Waals surface area contributed by atoms with Gasteiger partial charge in [0.1, 0.15) is 18.9 Å². The molecular formula is C25H37N3O6. The second-order valence-corrected chi connectivity index (χ2v) is 8.97. The largest absolute Gasteiger partial charge is 0.480 e. The summed E-state index contributed by atoms with van der Waals surface area (Å²) in [5.41, 5.74) is 0.938. The monoisotopic (exact) mass is 475 g/mol. The fourth-order valence-electron chi connectivity index (χ4n) is 4.75. The summed E-state index contributed by atoms with van der Waals surface area (Å²) in [5.74, 6) is -1.27. The van der Waals surface area contributed by atoms with E-state index >= 15 is 0 Å². The van der Waals surface area contributed by atoms with Gasteiger partial charge in [0.05, 0.1) is 6.10 Å². The van der Waals surface area contributed by atoms with Crippen LogP contribution in [0.1, 0.15) is 44.6 Å². The zero-order chi connectivity index (χ0) is 24.5. The predicted molar refractivity (Wildman–Crippen MR) is 126 cm³/mol. The van der Waals surface area contributed by atoms with E-state index in [-0.39, 0.29) is 31.4 Å². The lowest BCUT2D eigenvalue weighted by Gasteiger charge is -2.45. The lowest BCUT2D eigenvalue weighted by Crippen LogP contribution is -2.65. The zero-order valence-corrected chi connectivity index (χ0v) is 20.2. The normalized spacial score (nSPS) is 20.5. The average molecular weight is 476 g/mol. The van der Waals surface area contributed by atoms with Gasteiger partial charge < -0.3 is 29.3 Å². The molecule has 2 aliphatic heterocycles. The number of hydrogen-bond acceptors (Lipinski definition) is 5. The Morgan fingerprint density at radius 1 is 1.12 bits per heavy atom. The van der Waals surface area contributed by atoms with Crippen molar-refractivity contribution in [2.45, 2.75) is 63.6 Å². The molecule has 1 aromatic rings. The number of piperazine rings is 1. The second-order valence-electron chi connectivity index (χ2n) is 8.97. The number of piperidine rings is 1. The van der Waals surface area contributed by atoms with Gasteiger partial charge in [-0.2, -0.15) is 0 Å². The van der Waals surface area contributed by atoms with Gasteiger partial charge in [0.2, 0.25) is 5.91 Å². The van der Waals surface area contributed by atoms with E-state index in [1.54, 1.807) is 16.9 Å². The van der Waals surface area contributed by atoms with Crippen molar-refractivity contribution in [1.29, 1.82) is 0 Å². The van der Waals surface area contributed by atoms with Crippen molar-refractivity contribution in [2.75, 3.05) is 40.1 Å². The zero-order valence-electron chi connectivity index (χ0n) is 20.2. The van der Waals surface area contributed by atoms with Crippen molar-refractivity contribution in [3.05, 3.63) is 35.9 Å². The first-order valence-corrected chi connectivity index (χ1v) is 12.2. The van der Waals surface area contributed by atoms with Crippen molar-refractivity contribution in [3.63, 3.8) is 0 Å². The molecule has 1 N–H and O–H groups in total. The molecule has 3 amide bonds. The number of amides is 3. The highest BCUT2D eigenvalue weighted by molar-refractivity contribution is 5.91. The van der Waals surface area contributed by atoms with Gasteiger partial charge in [0.15, 0.2) is 0 Å². The first-order valence-electron chi connectivity index (χ1n) is 12.2. The molecule has 1 aromatic carbocycles. The van der Waals surface area contributed by atoms with E-state index in [0.717, 1.165) is 18.4 Å². The first kappa shape index (κ1) is 26.0. The highest BCUT2D eigenvalue weighted by Crippen LogP contribution is 2.24. The smallest absolute Gasteiger partial charge is 0.326 e. The third-order valence-corrected chi connectivity index (χ3v) is 6.67. The average Bonchev–Trinajstić information content (AvgIpc) is 2.85. The van der Waals surface area contributed by atoms with Crippen LogP contribution < -0.4 is 0 Å². The van der Waals surface area contributed by atoms with Crippen LogP contribution in [-0.2, 0) is 25.5 Å². The number of carboxylic acids is 1. The molecule has 0 unspecified atom stereocenters. The minimum atomic E-state index is -0.988. The van der Waals surface area contributed by atoms with Crippen molar-refractivity contribution in [3.8, 4) is 0 Å². The Morgan fingerprint density at radius 2 is 1.82 bits per heavy atom. The van der Waals surface area contributed by atoms with Crippen LogP contribution in [0.3, 0.4) is 0 Å². The molecule has 0 radical (unpaired) electrons. The molecule has 0 spiro atoms. The van der Waals surface area contributed by atoms with Crippen LogP contribution in [-0.4, -0.2) is 96.0 Å². The molecule has 34 heavy (non-hydrogen) atoms. The Labute approximate surface area is 201 Å². The molecular weight excluding hydrogens is 438 g/mol. The first-order chi connectivity index (χ1) is 16.5. The van der Waals surface area contributed by atoms with Gasteiger partial charge in [-0.15, -0.1) is 0 Å². The molecule has 2 heterocycles. The number of benzene rings is 1. The van der Waals surface area contributed by atoms with Crippen molar-refractivity contribution >= 4 is 17.9 Å². The molecule has 2 atom stereocenters. The summed E-state index contributed by atoms with van der Waals surface area (Å²) >= 11 is 0. The van der Waals surface area contributed by atoms with Crippen LogP contribution >= 0.6 is 0 Å². The lowest BCUT2D eigenvalue weighted by molar-refractivity contribution is -0.155. The number of urea groups is 1. The summed E-state index contributed by atoms with van der Waals surface area (Å²) < 4.78 is 10.6. The molecule has 0 bridgehead atoms. The van der Waals surface area contributed by atoms with E-state index in [1.807, 2.05) is 37.3 Å². The molecule has 2 saturated heterocycles. The molecule has 0 aromatic heterocycles. The van der Waals surface area contributed by atoms with E-state index in [1.165, 1.54) is 4.90 Å². The third kappa shape index (κ3) is 6.48. The predicted octanol–water partition coefficient (Wildman–Crippen LogP) is 2.59. The molecule has 0 saturated carbocycles. The quantitative estimate of drug-likeness (QED) is 0.522. The Balaban J connectivity index is 1.76. The van der Waals surface area contributed by atoms with Gasteiger partial charge >= 0.3 is 12.0 Å². The van der Waals surface area contributed by atoms with Crippen molar-refractivity contribution in [1.82, 2.24) is 14.7 Å². The Morgan fingerprint density at radius 3 is 2.44 bits per heavy atom. The molecule has 2 aliphatic rings. The number of methoxy groups -OCH3 is 1. The number of ether oxygens (including phenoxy) is 2. The number of carbonyl (C=O) groups excluding carboxylic acids is 2. The summed E-state index contributed by atoms with van der Waals surface area (Å²) in [4.78, 5) is 44.0. The van der Waals surface area contributed by atoms with E-state index < -0.39 is 18.1 Å². The molecule has 9 nitrogen and oxygen atoms in total. The Bertz CT molecular complexity index is 812. The highest BCUT2D eigenvalue weighted by Gasteiger charge is 2.43. The maximum Gasteiger partial charge on any atom is 0.326 e. The number of rotatable bonds is 10. The maximum absolute atomic E-state index is 13.6. The third-order valence-electron chi connectivity index (χ3n) is 6.67. The maximum atomic E-state index is 13.6. The van der Waals surface area contributed by atoms with Gasteiger partial charge in [0.25, 0.3) is 0 Å². The SMILES string of the molecule is CCCC[C@@H](C(=O)O)N1CCN(C(=O)N2CCC(OCOC)CC2)[C@@H](Cc2ccccc2)C1=O. The van der Waals surface area contributed by atoms with Gasteiger partial charge in [-0.05, 0) is 24.8 Å². The van der Waals surface area contributed by atoms with Crippen LogP contribution in [0.5, 0.6) is 0 Å². The van der Waals surface area contributed by atoms with Crippen LogP contribution in [0.25, 0.3) is 0 Å². The molecule has 3 rings (SSSR count). The van der Waals surface area contributed by atoms with Crippen LogP contribution in [0.15, 0.2) is 30.3 Å². The van der Waals surface area contributed by atoms with Crippen LogP contribution in [0, 0.1) is 0 Å². The number of unbranched alkanes of at least 4 members (excludes halogenated alkanes) is 1. The topological polar surface area (TPSA) is 99.6 Å². The number of carbonyl (C=O) groups is 3. The Hall–Kier alpha value is -2.65. The molecule has 2 fully saturated rings. The van der Waals surface area contributed by atoms with Gasteiger partial charge in [-0.25, -0.2) is 9.59 Å². The lowest BCUT2D eigenvalue weighted by atomic mass is 9.98. The van der Waals surface area contributed by atoms with Gasteiger partial charge in [-0.3, -0.25) is 4.79 Å². The van der Waals surface area contributed by atoms with Gasteiger partial charge in [-0.1, -0.05) is 50.1 Å². The summed E-state index contributed by atoms with van der Waals surface area (Å²) in [7, 11) is 1.58. The summed E-state index contributed by atoms with van der Waals surface area (Å²) in [6, 6.07) is 7.81. The van der Waals surface area contributed by atoms with Crippen LogP contribution in [0.2, 0.25) is 0 Å². The second kappa shape index (κ2) is 12.7. The standard InChI is InChI=1S/C25H37N3O6/c1-3-4-10-21(24(30)31)27-15-16-28(22(23(27)29)17-19-8-6-5-7-9-19)25(32)26-13-11-20(12-14-26)34-18-33-2/h5-9,20-22H,3-4,10-18H2,1-2H3,(H,30,31)/t21-,22-/m0/s1. The molecule has 0 aliphatic carbocycles. The number of aliphatic carboxylic acids is 1. The minimum Gasteiger partial charge on any atom is -0.480 e. The summed E-state index contributed by atoms with van der Waals surface area (Å²) in [5, 5.41) is 9.81. The molecule has 9 heteroatoms. The van der Waals surface area contributed by atoms with Crippen LogP contribution in [0.4, 0.5) is 4.79 Å². The summed E-state index contributed by atoms with van der Waals surface area (Å²) in [6.45, 7) is 3.87. The molecule has 188 valence electrons. The fraction of sp³-hybridized carbons (Fsp3) is 0.640. The Kier molecular flexibility index (Phi) is 9.71. The van der Waals surface area contributed by atoms with Gasteiger partial charge in [0, 0.05) is 39.7 Å². The van der Waals surface area contributed by atoms with E-state index in [9.17, 15) is 19.5 Å². The van der Waals surface area contributed by atoms with E-state index in [0.29, 0.717) is 45.3 Å². The fourth-order valence-corrected chi connectivity index (χ4v) is 4.75. The summed E-state index contributed by atoms with van der Waals surface area (Å²) in [6.07, 6.45) is 3.83. The van der Waals surface area contributed by atoms with Crippen molar-refractivity contribution < 1.29 is 29.0 Å². The van der Waals surface area contributed by atoms with E-state index in [2.05, 4.69) is 0 Å². The van der Waals surface area contributed by atoms with E-state index in [4.69, 9.17) is 9.47 Å². The van der Waals surface area contributed by atoms with Crippen molar-refractivity contribution in [2.24, 2.45) is 0 Å². The highest BCUT2D eigenvalue weighted by atomic mass is 16.7. The number of hydrogen-bond donors (Lipinski definition) is 1. The number of nitrogens with zero attached hydrogens (tertiary/aromatic N) is 3. The number of carboxylic acid groups (broad SMARTS) is 1. The number of likely N-dealkylation sites (tertiary alicyclic amines) is 1. The minimum absolute atomic E-state index is 0.0532.